The zero-order chi connectivity index (χ0) is 14.2. The zero-order valence-corrected chi connectivity index (χ0v) is 11.8. The largest absolute Gasteiger partial charge is 0.494 e. The monoisotopic (exact) mass is 272 g/mol. The molecule has 0 atom stereocenters. The van der Waals surface area contributed by atoms with Gasteiger partial charge in [-0.1, -0.05) is 26.2 Å². The number of unbranched alkanes of at least 4 members (excludes halogenated alkanes) is 3. The fourth-order valence-electron chi connectivity index (χ4n) is 1.97. The first-order chi connectivity index (χ1) is 9.79. The minimum absolute atomic E-state index is 0.196. The molecule has 1 aromatic carbocycles. The molecule has 2 rings (SSSR count). The smallest absolute Gasteiger partial charge is 0.266 e. The highest BCUT2D eigenvalue weighted by molar-refractivity contribution is 5.58. The standard InChI is InChI=1S/C16H20N2O2/c1-2-3-4-5-10-20-14-8-6-13(7-9-14)15-11-17-12-16(19)18-15/h6-9,11-12H,2-5,10H2,1H3,(H,18,19). The summed E-state index contributed by atoms with van der Waals surface area (Å²) in [6.07, 6.45) is 7.70. The van der Waals surface area contributed by atoms with Gasteiger partial charge in [0.2, 0.25) is 0 Å². The van der Waals surface area contributed by atoms with Crippen LogP contribution in [-0.2, 0) is 0 Å². The van der Waals surface area contributed by atoms with E-state index in [1.54, 1.807) is 6.20 Å². The van der Waals surface area contributed by atoms with Crippen molar-refractivity contribution >= 4 is 0 Å². The number of nitrogens with zero attached hydrogens (tertiary/aromatic N) is 1. The molecule has 4 heteroatoms. The first kappa shape index (κ1) is 14.3. The summed E-state index contributed by atoms with van der Waals surface area (Å²) in [7, 11) is 0. The molecule has 1 heterocycles. The van der Waals surface area contributed by atoms with Crippen molar-refractivity contribution in [2.45, 2.75) is 32.6 Å². The van der Waals surface area contributed by atoms with Gasteiger partial charge >= 0.3 is 0 Å². The molecule has 0 radical (unpaired) electrons. The Kier molecular flexibility index (Phi) is 5.35. The van der Waals surface area contributed by atoms with E-state index < -0.39 is 0 Å². The highest BCUT2D eigenvalue weighted by Gasteiger charge is 2.00. The maximum absolute atomic E-state index is 11.2. The predicted octanol–water partition coefficient (Wildman–Crippen LogP) is 3.40. The van der Waals surface area contributed by atoms with Gasteiger partial charge in [0, 0.05) is 0 Å². The van der Waals surface area contributed by atoms with E-state index >= 15 is 0 Å². The lowest BCUT2D eigenvalue weighted by Gasteiger charge is -2.07. The van der Waals surface area contributed by atoms with E-state index in [1.165, 1.54) is 25.5 Å². The quantitative estimate of drug-likeness (QED) is 0.786. The van der Waals surface area contributed by atoms with Crippen LogP contribution in [0.1, 0.15) is 32.6 Å². The third kappa shape index (κ3) is 4.23. The summed E-state index contributed by atoms with van der Waals surface area (Å²) >= 11 is 0. The number of hydrogen-bond donors (Lipinski definition) is 1. The van der Waals surface area contributed by atoms with E-state index in [0.29, 0.717) is 5.69 Å². The van der Waals surface area contributed by atoms with Crippen LogP contribution in [0.15, 0.2) is 41.5 Å². The van der Waals surface area contributed by atoms with Gasteiger partial charge in [-0.15, -0.1) is 0 Å². The van der Waals surface area contributed by atoms with Crippen molar-refractivity contribution < 1.29 is 4.74 Å². The SMILES string of the molecule is CCCCCCOc1ccc(-c2cncc(=O)[nH]2)cc1. The van der Waals surface area contributed by atoms with Crippen LogP contribution in [0.25, 0.3) is 11.3 Å². The first-order valence-electron chi connectivity index (χ1n) is 7.07. The third-order valence-electron chi connectivity index (χ3n) is 3.09. The van der Waals surface area contributed by atoms with Crippen molar-refractivity contribution in [3.05, 3.63) is 47.0 Å². The minimum Gasteiger partial charge on any atom is -0.494 e. The maximum Gasteiger partial charge on any atom is 0.266 e. The molecule has 2 aromatic rings. The Balaban J connectivity index is 1.91. The normalized spacial score (nSPS) is 10.4. The highest BCUT2D eigenvalue weighted by Crippen LogP contribution is 2.19. The van der Waals surface area contributed by atoms with Gasteiger partial charge in [0.25, 0.3) is 5.56 Å². The molecule has 20 heavy (non-hydrogen) atoms. The molecule has 0 bridgehead atoms. The molecule has 0 spiro atoms. The van der Waals surface area contributed by atoms with Crippen molar-refractivity contribution in [1.29, 1.82) is 0 Å². The molecule has 0 saturated carbocycles. The summed E-state index contributed by atoms with van der Waals surface area (Å²) in [4.78, 5) is 17.9. The molecular formula is C16H20N2O2. The lowest BCUT2D eigenvalue weighted by atomic mass is 10.1. The molecule has 1 aromatic heterocycles. The highest BCUT2D eigenvalue weighted by atomic mass is 16.5. The second-order valence-electron chi connectivity index (χ2n) is 4.74. The van der Waals surface area contributed by atoms with Crippen molar-refractivity contribution in [2.24, 2.45) is 0 Å². The van der Waals surface area contributed by atoms with Crippen molar-refractivity contribution in [2.75, 3.05) is 6.61 Å². The molecule has 0 aliphatic heterocycles. The van der Waals surface area contributed by atoms with Crippen LogP contribution in [-0.4, -0.2) is 16.6 Å². The van der Waals surface area contributed by atoms with Crippen LogP contribution in [0, 0.1) is 0 Å². The lowest BCUT2D eigenvalue weighted by molar-refractivity contribution is 0.305. The fraction of sp³-hybridized carbons (Fsp3) is 0.375. The number of hydrogen-bond acceptors (Lipinski definition) is 3. The molecule has 0 amide bonds. The topological polar surface area (TPSA) is 55.0 Å². The molecule has 1 N–H and O–H groups in total. The molecule has 0 unspecified atom stereocenters. The van der Waals surface area contributed by atoms with Crippen molar-refractivity contribution in [1.82, 2.24) is 9.97 Å². The second kappa shape index (κ2) is 7.48. The summed E-state index contributed by atoms with van der Waals surface area (Å²) in [6.45, 7) is 2.95. The van der Waals surface area contributed by atoms with E-state index in [0.717, 1.165) is 24.3 Å². The number of aromatic amines is 1. The van der Waals surface area contributed by atoms with E-state index in [4.69, 9.17) is 4.74 Å². The minimum atomic E-state index is -0.196. The Morgan fingerprint density at radius 1 is 1.10 bits per heavy atom. The molecular weight excluding hydrogens is 252 g/mol. The molecule has 4 nitrogen and oxygen atoms in total. The Bertz CT molecular complexity index is 576. The van der Waals surface area contributed by atoms with Crippen LogP contribution >= 0.6 is 0 Å². The van der Waals surface area contributed by atoms with Crippen LogP contribution in [0.2, 0.25) is 0 Å². The Morgan fingerprint density at radius 2 is 1.90 bits per heavy atom. The summed E-state index contributed by atoms with van der Waals surface area (Å²) in [5.74, 6) is 0.858. The van der Waals surface area contributed by atoms with Crippen LogP contribution in [0.3, 0.4) is 0 Å². The van der Waals surface area contributed by atoms with Gasteiger partial charge in [0.05, 0.1) is 24.7 Å². The molecule has 0 saturated heterocycles. The Hall–Kier alpha value is -2.10. The Morgan fingerprint density at radius 3 is 2.60 bits per heavy atom. The van der Waals surface area contributed by atoms with Gasteiger partial charge in [0.1, 0.15) is 5.75 Å². The van der Waals surface area contributed by atoms with Crippen LogP contribution in [0.5, 0.6) is 5.75 Å². The first-order valence-corrected chi connectivity index (χ1v) is 7.07. The number of ether oxygens (including phenoxy) is 1. The fourth-order valence-corrected chi connectivity index (χ4v) is 1.97. The van der Waals surface area contributed by atoms with Gasteiger partial charge in [-0.2, -0.15) is 0 Å². The van der Waals surface area contributed by atoms with Crippen molar-refractivity contribution in [3.63, 3.8) is 0 Å². The average Bonchev–Trinajstić information content (AvgIpc) is 2.48. The maximum atomic E-state index is 11.2. The Labute approximate surface area is 118 Å². The molecule has 0 aliphatic rings. The number of benzene rings is 1. The summed E-state index contributed by atoms with van der Waals surface area (Å²) in [5, 5.41) is 0. The van der Waals surface area contributed by atoms with E-state index in [-0.39, 0.29) is 5.56 Å². The number of rotatable bonds is 7. The van der Waals surface area contributed by atoms with Gasteiger partial charge < -0.3 is 9.72 Å². The van der Waals surface area contributed by atoms with Gasteiger partial charge in [-0.25, -0.2) is 0 Å². The lowest BCUT2D eigenvalue weighted by Crippen LogP contribution is -2.05. The van der Waals surface area contributed by atoms with Gasteiger partial charge in [-0.05, 0) is 36.2 Å². The predicted molar refractivity (Wildman–Crippen MR) is 79.9 cm³/mol. The van der Waals surface area contributed by atoms with E-state index in [1.807, 2.05) is 24.3 Å². The van der Waals surface area contributed by atoms with Gasteiger partial charge in [-0.3, -0.25) is 9.78 Å². The zero-order valence-electron chi connectivity index (χ0n) is 11.8. The number of aromatic nitrogens is 2. The van der Waals surface area contributed by atoms with E-state index in [9.17, 15) is 4.79 Å². The summed E-state index contributed by atoms with van der Waals surface area (Å²) < 4.78 is 5.68. The van der Waals surface area contributed by atoms with Crippen molar-refractivity contribution in [3.8, 4) is 17.0 Å². The van der Waals surface area contributed by atoms with Crippen LogP contribution in [0.4, 0.5) is 0 Å². The summed E-state index contributed by atoms with van der Waals surface area (Å²) in [6, 6.07) is 7.68. The summed E-state index contributed by atoms with van der Waals surface area (Å²) in [5.41, 5.74) is 1.44. The van der Waals surface area contributed by atoms with Crippen LogP contribution < -0.4 is 10.3 Å². The van der Waals surface area contributed by atoms with E-state index in [2.05, 4.69) is 16.9 Å². The number of nitrogens with one attached hydrogen (secondary N) is 1. The molecule has 0 fully saturated rings. The molecule has 106 valence electrons. The third-order valence-corrected chi connectivity index (χ3v) is 3.09. The number of H-pyrrole nitrogens is 1. The molecule has 0 aliphatic carbocycles. The second-order valence-corrected chi connectivity index (χ2v) is 4.74. The van der Waals surface area contributed by atoms with Gasteiger partial charge in [0.15, 0.2) is 0 Å². The average molecular weight is 272 g/mol.